The van der Waals surface area contributed by atoms with Gasteiger partial charge in [-0.15, -0.1) is 34.0 Å². The molecule has 10 aromatic carbocycles. The van der Waals surface area contributed by atoms with Gasteiger partial charge in [0, 0.05) is 77.4 Å². The number of hydrogen-bond acceptors (Lipinski definition) is 18. The predicted molar refractivity (Wildman–Crippen MR) is 585 cm³/mol. The molecule has 4 amide bonds. The summed E-state index contributed by atoms with van der Waals surface area (Å²) in [6, 6.07) is 51.4. The number of nitrogens with one attached hydrogen (secondary N) is 4. The average Bonchev–Trinajstić information content (AvgIpc) is 1.07. The van der Waals surface area contributed by atoms with Crippen molar-refractivity contribution in [3.63, 3.8) is 0 Å². The molecule has 0 saturated carbocycles. The number of rotatable bonds is 22. The van der Waals surface area contributed by atoms with Crippen molar-refractivity contribution in [3.8, 4) is 44.5 Å². The van der Waals surface area contributed by atoms with Gasteiger partial charge in [0.25, 0.3) is 0 Å². The number of nitrogens with zero attached hydrogens (tertiary/aromatic N) is 7. The first-order chi connectivity index (χ1) is 65.4. The predicted octanol–water partition coefficient (Wildman–Crippen LogP) is 30.7. The Labute approximate surface area is 867 Å². The maximum Gasteiger partial charge on any atom is 0.488 e. The summed E-state index contributed by atoms with van der Waals surface area (Å²) < 4.78 is 83.2. The van der Waals surface area contributed by atoms with Gasteiger partial charge >= 0.3 is 172 Å². The van der Waals surface area contributed by atoms with E-state index in [0.29, 0.717) is 171 Å². The number of aryl methyl sites for hydroxylation is 3. The van der Waals surface area contributed by atoms with Gasteiger partial charge in [-0.05, 0) is 201 Å². The summed E-state index contributed by atoms with van der Waals surface area (Å²) in [6.07, 6.45) is 12.0. The van der Waals surface area contributed by atoms with E-state index in [4.69, 9.17) is 79.5 Å². The van der Waals surface area contributed by atoms with E-state index in [-0.39, 0.29) is 41.1 Å². The normalized spacial score (nSPS) is 10.9. The van der Waals surface area contributed by atoms with Gasteiger partial charge in [-0.1, -0.05) is 186 Å². The first-order valence-electron chi connectivity index (χ1n) is 43.0. The standard InChI is InChI=1S/C22H18ClFN4OS.C14H8BrClFNS.C14H10ClFN2S.C14H9ClFNS.C8H6BrFN2S.C8H10N3O.C6H6BClO2.3C4H9.CH3I.Sn/c1-2-25-22(29)28-18-7-6-13(11-26-18)8-15-10-17-21(27-12-30-17)19(20(15)24)14-4-3-5-16(23)9-14;15-6-9-5-11-14(18-7-19-11)12(13(9)17)8-2-1-3-10(16)4-8;1-7-5-10-13(18-14(17)19-10)11(12(7)16)8-3-2-4-9(15)6-8;1-8-5-11-14(17-7-18-11)12(13(8)16)9-3-2-4-10(15)6-9;1-3-2-4-7(5(9)6(3)10)12-8(11)13-4;1-2-9-8(12)11-7-5-3-4-6-10-7;8-6-3-1-2-5(4-6)7(9)10;3*1-3-4-2;1-2;/h3-7,9-12H,2,8H2,1H3,(H2,25,26,28,29);1-5,7H,6H2;2-6H,1H3,(H2,17,18);2-7H,1H3;2H,1H3,(H2,11,12);3,5-6H,2H2,1H3,(H2,9,10,11,12);1-4,9-10H;3*1,3-4H2,2H3;1H3;. The Morgan fingerprint density at radius 1 is 0.449 bits per heavy atom. The maximum absolute atomic E-state index is 15.6. The van der Waals surface area contributed by atoms with E-state index in [1.165, 1.54) is 115 Å². The van der Waals surface area contributed by atoms with Crippen molar-refractivity contribution < 1.29 is 41.6 Å². The molecule has 17 rings (SSSR count). The fourth-order valence-corrected chi connectivity index (χ4v) is 36.3. The Kier molecular flexibility index (Phi) is 43.5. The molecule has 10 N–H and O–H groups in total. The fraction of sp³-hybridized carbons (Fsp3) is 0.222. The number of hydrogen-bond donors (Lipinski definition) is 8. The molecule has 0 saturated heterocycles. The zero-order chi connectivity index (χ0) is 98.5. The SMILES string of the molecule is CCC[CH2][Sn]([CH2]CCC)([CH2]CCC)[c]1ccc(NC(=O)NCC)nc1.CCNC(=O)Nc1ccc(Cc2cc3scnc3c(-c3cccc(Cl)c3)c2F)cn1.CI.Cc1cc2sc(N)nc2c(-c2cccc(Cl)c2)c1F.Cc1cc2sc(N)nc2c(Br)c1F.Cc1cc2scnc2c(-c2cccc(Cl)c2)c1F.Fc1c(CBr)cc2scnc2c1-c1cccc(Cl)c1.OB(O)c1cccc(Cl)c1. The molecule has 136 heavy (non-hydrogen) atoms. The quantitative estimate of drug-likeness (QED) is 0.0136. The van der Waals surface area contributed by atoms with Crippen LogP contribution in [0.4, 0.5) is 53.4 Å². The van der Waals surface area contributed by atoms with Crippen LogP contribution in [0.3, 0.4) is 0 Å². The third kappa shape index (κ3) is 29.6. The Morgan fingerprint density at radius 2 is 0.816 bits per heavy atom. The zero-order valence-electron chi connectivity index (χ0n) is 75.4. The van der Waals surface area contributed by atoms with Crippen LogP contribution in [-0.4, -0.2) is 101 Å². The van der Waals surface area contributed by atoms with Crippen molar-refractivity contribution in [2.75, 3.05) is 40.1 Å². The Morgan fingerprint density at radius 3 is 1.20 bits per heavy atom. The average molecular weight is 2380 g/mol. The molecular weight excluding hydrogens is 2280 g/mol. The van der Waals surface area contributed by atoms with E-state index in [1.54, 1.807) is 144 Å². The minimum absolute atomic E-state index is 0.180. The molecule has 37 heteroatoms. The number of pyridine rings is 2. The third-order valence-corrected chi connectivity index (χ3v) is 43.2. The second-order valence-electron chi connectivity index (χ2n) is 30.8. The van der Waals surface area contributed by atoms with Gasteiger partial charge in [0.1, 0.15) is 40.4 Å². The summed E-state index contributed by atoms with van der Waals surface area (Å²) in [5.41, 5.74) is 28.8. The van der Waals surface area contributed by atoms with Gasteiger partial charge in [0.15, 0.2) is 10.3 Å². The number of aromatic nitrogens is 7. The number of nitrogens with two attached hydrogens (primary N) is 2. The number of carbonyl (C=O) groups excluding carboxylic acids is 2. The van der Waals surface area contributed by atoms with Crippen LogP contribution in [0.2, 0.25) is 38.4 Å². The van der Waals surface area contributed by atoms with Crippen molar-refractivity contribution in [2.45, 2.75) is 119 Å². The first kappa shape index (κ1) is 110. The van der Waals surface area contributed by atoms with Crippen molar-refractivity contribution >= 4 is 289 Å². The number of thiazole rings is 5. The second-order valence-corrected chi connectivity index (χ2v) is 52.3. The van der Waals surface area contributed by atoms with E-state index in [9.17, 15) is 27.2 Å². The summed E-state index contributed by atoms with van der Waals surface area (Å²) in [6.45, 7) is 17.0. The summed E-state index contributed by atoms with van der Waals surface area (Å²) in [7, 11) is -1.43. The maximum atomic E-state index is 15.6. The summed E-state index contributed by atoms with van der Waals surface area (Å²) in [5, 5.41) is 32.3. The van der Waals surface area contributed by atoms with Crippen LogP contribution in [0, 0.1) is 49.9 Å². The minimum Gasteiger partial charge on any atom is -0.423 e. The van der Waals surface area contributed by atoms with Crippen molar-refractivity contribution in [2.24, 2.45) is 0 Å². The first-order valence-corrected chi connectivity index (χ1v) is 60.7. The van der Waals surface area contributed by atoms with E-state index >= 15 is 4.39 Å². The monoisotopic (exact) mass is 2380 g/mol. The zero-order valence-corrected chi connectivity index (χ0v) is 91.4. The van der Waals surface area contributed by atoms with Crippen molar-refractivity contribution in [1.29, 1.82) is 0 Å². The summed E-state index contributed by atoms with van der Waals surface area (Å²) in [5.74, 6) is -0.245. The number of amides is 4. The number of nitrogen functional groups attached to an aromatic ring is 2. The molecule has 0 atom stereocenters. The van der Waals surface area contributed by atoms with Crippen LogP contribution in [-0.2, 0) is 11.8 Å². The van der Waals surface area contributed by atoms with Crippen LogP contribution in [0.5, 0.6) is 0 Å². The molecule has 7 heterocycles. The van der Waals surface area contributed by atoms with Crippen LogP contribution >= 0.6 is 169 Å². The molecule has 0 aliphatic rings. The number of carbonyl (C=O) groups is 2. The number of benzene rings is 10. The van der Waals surface area contributed by atoms with Gasteiger partial charge in [-0.3, -0.25) is 5.32 Å². The van der Waals surface area contributed by atoms with Gasteiger partial charge in [0.05, 0.1) is 66.6 Å². The molecule has 7 aromatic heterocycles. The molecule has 710 valence electrons. The van der Waals surface area contributed by atoms with E-state index < -0.39 is 25.5 Å². The molecule has 0 aliphatic heterocycles. The number of alkyl halides is 2. The molecule has 0 unspecified atom stereocenters. The van der Waals surface area contributed by atoms with Gasteiger partial charge in [-0.25, -0.2) is 56.7 Å². The van der Waals surface area contributed by atoms with Gasteiger partial charge in [-0.2, -0.15) is 0 Å². The fourth-order valence-electron chi connectivity index (χ4n) is 14.6. The van der Waals surface area contributed by atoms with E-state index in [0.717, 1.165) is 40.2 Å². The van der Waals surface area contributed by atoms with Crippen LogP contribution in [0.25, 0.3) is 95.6 Å². The summed E-state index contributed by atoms with van der Waals surface area (Å²) >= 11 is 43.1. The molecule has 0 aliphatic carbocycles. The Balaban J connectivity index is 0.000000167. The summed E-state index contributed by atoms with van der Waals surface area (Å²) in [4.78, 5) is 55.2. The molecule has 0 spiro atoms. The number of anilines is 4. The molecule has 0 radical (unpaired) electrons. The molecule has 0 fully saturated rings. The number of halogens is 13. The minimum atomic E-state index is -2.39. The third-order valence-electron chi connectivity index (χ3n) is 21.1. The van der Waals surface area contributed by atoms with E-state index in [1.807, 2.05) is 85.5 Å². The van der Waals surface area contributed by atoms with E-state index in [2.05, 4.69) is 144 Å². The van der Waals surface area contributed by atoms with Crippen LogP contribution < -0.4 is 41.8 Å². The Bertz CT molecular complexity index is 6900. The van der Waals surface area contributed by atoms with Crippen LogP contribution in [0.15, 0.2) is 209 Å². The van der Waals surface area contributed by atoms with Crippen molar-refractivity contribution in [1.82, 2.24) is 45.5 Å². The number of urea groups is 2. The topological polar surface area (TPSA) is 265 Å². The van der Waals surface area contributed by atoms with Crippen LogP contribution in [0.1, 0.15) is 107 Å². The molecular formula is C99H97BBr2Cl5F5IN13O4S5Sn. The largest absolute Gasteiger partial charge is 0.488 e. The van der Waals surface area contributed by atoms with Gasteiger partial charge in [0.2, 0.25) is 0 Å². The molecule has 17 nitrogen and oxygen atoms in total. The smallest absolute Gasteiger partial charge is 0.423 e. The van der Waals surface area contributed by atoms with Crippen molar-refractivity contribution in [3.05, 3.63) is 297 Å². The Hall–Kier alpha value is -8.34. The number of unbranched alkanes of at least 4 members (excludes halogenated alkanes) is 3. The number of fused-ring (bicyclic) bond motifs is 5. The van der Waals surface area contributed by atoms with Gasteiger partial charge < -0.3 is 26.8 Å². The molecule has 0 bridgehead atoms. The second kappa shape index (κ2) is 53.9. The molecule has 17 aromatic rings.